The van der Waals surface area contributed by atoms with E-state index in [0.29, 0.717) is 6.04 Å². The van der Waals surface area contributed by atoms with Gasteiger partial charge in [0, 0.05) is 35.6 Å². The molecular weight excluding hydrogens is 262 g/mol. The third-order valence-electron chi connectivity index (χ3n) is 4.63. The molecule has 0 saturated carbocycles. The number of hydrogen-bond acceptors (Lipinski definition) is 3. The first kappa shape index (κ1) is 16.2. The fourth-order valence-corrected chi connectivity index (χ4v) is 3.17. The van der Waals surface area contributed by atoms with Gasteiger partial charge in [0.1, 0.15) is 0 Å². The number of nitrogens with zero attached hydrogens (tertiary/aromatic N) is 2. The van der Waals surface area contributed by atoms with Gasteiger partial charge in [0.2, 0.25) is 0 Å². The van der Waals surface area contributed by atoms with Crippen LogP contribution in [0.2, 0.25) is 0 Å². The molecular formula is C17H29N3O. The third-order valence-corrected chi connectivity index (χ3v) is 4.63. The van der Waals surface area contributed by atoms with Gasteiger partial charge in [0.25, 0.3) is 0 Å². The van der Waals surface area contributed by atoms with Crippen molar-refractivity contribution in [1.82, 2.24) is 14.8 Å². The average Bonchev–Trinajstić information content (AvgIpc) is 2.47. The highest BCUT2D eigenvalue weighted by atomic mass is 16.1. The van der Waals surface area contributed by atoms with Crippen LogP contribution in [-0.4, -0.2) is 48.0 Å². The van der Waals surface area contributed by atoms with E-state index in [-0.39, 0.29) is 5.43 Å². The molecule has 4 heteroatoms. The summed E-state index contributed by atoms with van der Waals surface area (Å²) in [5.41, 5.74) is 2.96. The van der Waals surface area contributed by atoms with Crippen LogP contribution in [0.4, 0.5) is 0 Å². The van der Waals surface area contributed by atoms with Crippen LogP contribution in [0.15, 0.2) is 11.0 Å². The summed E-state index contributed by atoms with van der Waals surface area (Å²) in [6.45, 7) is 6.97. The van der Waals surface area contributed by atoms with E-state index in [4.69, 9.17) is 0 Å². The van der Waals surface area contributed by atoms with Crippen LogP contribution in [0, 0.1) is 13.8 Å². The molecule has 0 spiro atoms. The van der Waals surface area contributed by atoms with Crippen LogP contribution < -0.4 is 5.43 Å². The van der Waals surface area contributed by atoms with E-state index in [0.717, 1.165) is 36.5 Å². The Bertz CT molecular complexity index is 521. The lowest BCUT2D eigenvalue weighted by molar-refractivity contribution is 0.123. The molecule has 1 N–H and O–H groups in total. The summed E-state index contributed by atoms with van der Waals surface area (Å²) in [5.74, 6) is 0. The van der Waals surface area contributed by atoms with Crippen molar-refractivity contribution in [3.05, 3.63) is 33.2 Å². The fraction of sp³-hybridized carbons (Fsp3) is 0.706. The summed E-state index contributed by atoms with van der Waals surface area (Å²) in [6, 6.07) is 0.644. The first-order valence-corrected chi connectivity index (χ1v) is 8.05. The number of aryl methyl sites for hydroxylation is 1. The molecule has 1 atom stereocenters. The van der Waals surface area contributed by atoms with E-state index in [1.54, 1.807) is 0 Å². The summed E-state index contributed by atoms with van der Waals surface area (Å²) in [5, 5.41) is 0. The quantitative estimate of drug-likeness (QED) is 0.905. The normalized spacial score (nSPS) is 20.1. The first-order chi connectivity index (χ1) is 9.99. The number of pyridine rings is 1. The summed E-state index contributed by atoms with van der Waals surface area (Å²) >= 11 is 0. The Morgan fingerprint density at radius 1 is 1.33 bits per heavy atom. The van der Waals surface area contributed by atoms with Crippen molar-refractivity contribution < 1.29 is 0 Å². The van der Waals surface area contributed by atoms with Gasteiger partial charge in [-0.2, -0.15) is 0 Å². The lowest BCUT2D eigenvalue weighted by atomic mass is 9.98. The largest absolute Gasteiger partial charge is 0.363 e. The van der Waals surface area contributed by atoms with Crippen molar-refractivity contribution in [2.45, 2.75) is 52.1 Å². The Morgan fingerprint density at radius 3 is 2.81 bits per heavy atom. The molecule has 2 rings (SSSR count). The molecule has 1 aliphatic heterocycles. The monoisotopic (exact) mass is 291 g/mol. The highest BCUT2D eigenvalue weighted by molar-refractivity contribution is 5.23. The van der Waals surface area contributed by atoms with E-state index in [1.165, 1.54) is 25.7 Å². The van der Waals surface area contributed by atoms with Crippen LogP contribution in [0.25, 0.3) is 0 Å². The molecule has 0 bridgehead atoms. The predicted octanol–water partition coefficient (Wildman–Crippen LogP) is 2.30. The fourth-order valence-electron chi connectivity index (χ4n) is 3.17. The van der Waals surface area contributed by atoms with Crippen LogP contribution in [0.3, 0.4) is 0 Å². The second kappa shape index (κ2) is 7.23. The van der Waals surface area contributed by atoms with Gasteiger partial charge < -0.3 is 9.88 Å². The molecule has 1 aliphatic rings. The van der Waals surface area contributed by atoms with Crippen LogP contribution >= 0.6 is 0 Å². The molecule has 0 aliphatic carbocycles. The van der Waals surface area contributed by atoms with E-state index in [2.05, 4.69) is 28.9 Å². The van der Waals surface area contributed by atoms with Gasteiger partial charge in [-0.15, -0.1) is 0 Å². The van der Waals surface area contributed by atoms with Gasteiger partial charge in [-0.1, -0.05) is 6.42 Å². The second-order valence-electron chi connectivity index (χ2n) is 6.62. The second-order valence-corrected chi connectivity index (χ2v) is 6.62. The minimum absolute atomic E-state index is 0.186. The van der Waals surface area contributed by atoms with Gasteiger partial charge in [0.15, 0.2) is 5.43 Å². The Hall–Kier alpha value is -1.13. The predicted molar refractivity (Wildman–Crippen MR) is 87.8 cm³/mol. The SMILES string of the molecule is Cc1c[nH]c(CN2CCCC[C@H]2CCN(C)C)c(C)c1=O. The Morgan fingerprint density at radius 2 is 2.10 bits per heavy atom. The van der Waals surface area contributed by atoms with Crippen molar-refractivity contribution >= 4 is 0 Å². The molecule has 1 aromatic rings. The lowest BCUT2D eigenvalue weighted by Crippen LogP contribution is -2.41. The molecule has 1 saturated heterocycles. The number of likely N-dealkylation sites (tertiary alicyclic amines) is 1. The Kier molecular flexibility index (Phi) is 5.59. The summed E-state index contributed by atoms with van der Waals surface area (Å²) in [6.07, 6.45) is 6.94. The van der Waals surface area contributed by atoms with Crippen molar-refractivity contribution in [3.8, 4) is 0 Å². The van der Waals surface area contributed by atoms with E-state index in [9.17, 15) is 4.79 Å². The molecule has 0 amide bonds. The Labute approximate surface area is 128 Å². The minimum Gasteiger partial charge on any atom is -0.363 e. The van der Waals surface area contributed by atoms with Crippen LogP contribution in [0.1, 0.15) is 42.5 Å². The number of H-pyrrole nitrogens is 1. The van der Waals surface area contributed by atoms with Gasteiger partial charge in [-0.3, -0.25) is 9.69 Å². The zero-order valence-corrected chi connectivity index (χ0v) is 13.9. The van der Waals surface area contributed by atoms with Gasteiger partial charge in [-0.05, 0) is 60.3 Å². The first-order valence-electron chi connectivity index (χ1n) is 8.05. The van der Waals surface area contributed by atoms with Gasteiger partial charge in [-0.25, -0.2) is 0 Å². The summed E-state index contributed by atoms with van der Waals surface area (Å²) in [7, 11) is 4.27. The molecule has 1 fully saturated rings. The molecule has 2 heterocycles. The number of aromatic amines is 1. The van der Waals surface area contributed by atoms with Crippen molar-refractivity contribution in [3.63, 3.8) is 0 Å². The standard InChI is InChI=1S/C17H29N3O/c1-13-11-18-16(14(2)17(13)21)12-20-9-6-5-7-15(20)8-10-19(3)4/h11,15H,5-10,12H2,1-4H3,(H,18,21)/t15-/m0/s1. The zero-order chi connectivity index (χ0) is 15.4. The highest BCUT2D eigenvalue weighted by Crippen LogP contribution is 2.22. The number of nitrogens with one attached hydrogen (secondary N) is 1. The topological polar surface area (TPSA) is 39.3 Å². The van der Waals surface area contributed by atoms with Crippen molar-refractivity contribution in [1.29, 1.82) is 0 Å². The van der Waals surface area contributed by atoms with Crippen molar-refractivity contribution in [2.75, 3.05) is 27.2 Å². The van der Waals surface area contributed by atoms with Gasteiger partial charge in [0.05, 0.1) is 0 Å². The molecule has 0 radical (unpaired) electrons. The molecule has 4 nitrogen and oxygen atoms in total. The zero-order valence-electron chi connectivity index (χ0n) is 13.9. The Balaban J connectivity index is 2.08. The maximum atomic E-state index is 12.1. The highest BCUT2D eigenvalue weighted by Gasteiger charge is 2.23. The van der Waals surface area contributed by atoms with E-state index >= 15 is 0 Å². The average molecular weight is 291 g/mol. The number of rotatable bonds is 5. The number of aromatic nitrogens is 1. The number of hydrogen-bond donors (Lipinski definition) is 1. The lowest BCUT2D eigenvalue weighted by Gasteiger charge is -2.36. The third kappa shape index (κ3) is 4.17. The molecule has 21 heavy (non-hydrogen) atoms. The molecule has 0 unspecified atom stereocenters. The van der Waals surface area contributed by atoms with Gasteiger partial charge >= 0.3 is 0 Å². The maximum absolute atomic E-state index is 12.1. The summed E-state index contributed by atoms with van der Waals surface area (Å²) < 4.78 is 0. The molecule has 1 aromatic heterocycles. The van der Waals surface area contributed by atoms with Crippen LogP contribution in [-0.2, 0) is 6.54 Å². The smallest absolute Gasteiger partial charge is 0.187 e. The molecule has 118 valence electrons. The van der Waals surface area contributed by atoms with E-state index < -0.39 is 0 Å². The van der Waals surface area contributed by atoms with Crippen molar-refractivity contribution in [2.24, 2.45) is 0 Å². The van der Waals surface area contributed by atoms with Crippen LogP contribution in [0.5, 0.6) is 0 Å². The number of piperidine rings is 1. The minimum atomic E-state index is 0.186. The summed E-state index contributed by atoms with van der Waals surface area (Å²) in [4.78, 5) is 20.2. The van der Waals surface area contributed by atoms with E-state index in [1.807, 2.05) is 20.0 Å². The molecule has 0 aromatic carbocycles. The maximum Gasteiger partial charge on any atom is 0.187 e.